The smallest absolute Gasteiger partial charge is 0.326 e. The largest absolute Gasteiger partial charge is 0.480 e. The molecule has 0 aliphatic rings. The number of carboxylic acid groups (broad SMARTS) is 1. The fourth-order valence-electron chi connectivity index (χ4n) is 5.23. The van der Waals surface area contributed by atoms with Gasteiger partial charge in [0.1, 0.15) is 30.2 Å². The summed E-state index contributed by atoms with van der Waals surface area (Å²) in [5, 5.41) is 41.2. The van der Waals surface area contributed by atoms with E-state index in [-0.39, 0.29) is 69.2 Å². The van der Waals surface area contributed by atoms with Gasteiger partial charge in [-0.15, -0.1) is 0 Å². The number of rotatable bonds is 29. The van der Waals surface area contributed by atoms with Crippen LogP contribution in [0.25, 0.3) is 0 Å². The maximum absolute atomic E-state index is 13.9. The number of H-pyrrole nitrogens is 1. The number of hydrogen-bond acceptors (Lipinski definition) is 13. The van der Waals surface area contributed by atoms with Crippen LogP contribution in [0.3, 0.4) is 0 Å². The number of hydrogen-bond donors (Lipinski definition) is 17. The molecule has 6 atom stereocenters. The maximum atomic E-state index is 13.9. The van der Waals surface area contributed by atoms with Crippen molar-refractivity contribution in [2.24, 2.45) is 34.4 Å². The van der Waals surface area contributed by atoms with E-state index >= 15 is 0 Å². The van der Waals surface area contributed by atoms with Crippen LogP contribution in [-0.4, -0.2) is 130 Å². The molecule has 0 bridgehead atoms. The molecule has 1 aromatic rings. The third-order valence-electron chi connectivity index (χ3n) is 8.20. The van der Waals surface area contributed by atoms with Crippen molar-refractivity contribution in [1.29, 1.82) is 10.8 Å². The molecule has 0 spiro atoms. The van der Waals surface area contributed by atoms with Gasteiger partial charge in [-0.3, -0.25) is 44.4 Å². The maximum Gasteiger partial charge on any atom is 0.326 e. The van der Waals surface area contributed by atoms with E-state index in [1.54, 1.807) is 0 Å². The van der Waals surface area contributed by atoms with Gasteiger partial charge in [-0.05, 0) is 45.1 Å². The number of carbonyl (C=O) groups excluding carboxylic acids is 7. The Kier molecular flexibility index (Phi) is 22.4. The molecule has 0 saturated carbocycles. The molecule has 0 radical (unpaired) electrons. The first-order valence-electron chi connectivity index (χ1n) is 18.2. The summed E-state index contributed by atoms with van der Waals surface area (Å²) >= 11 is 0. The molecular formula is C32H57N17O9. The number of carboxylic acids is 1. The van der Waals surface area contributed by atoms with Gasteiger partial charge in [0.15, 0.2) is 11.9 Å². The normalized spacial score (nSPS) is 13.8. The molecule has 0 saturated heterocycles. The first-order valence-corrected chi connectivity index (χ1v) is 18.2. The highest BCUT2D eigenvalue weighted by molar-refractivity contribution is 5.98. The minimum absolute atomic E-state index is 0.0508. The van der Waals surface area contributed by atoms with Gasteiger partial charge in [0.2, 0.25) is 41.4 Å². The molecule has 7 amide bonds. The molecule has 1 aromatic heterocycles. The van der Waals surface area contributed by atoms with Crippen LogP contribution in [0.1, 0.15) is 63.5 Å². The predicted molar refractivity (Wildman–Crippen MR) is 206 cm³/mol. The van der Waals surface area contributed by atoms with Crippen molar-refractivity contribution in [3.8, 4) is 0 Å². The van der Waals surface area contributed by atoms with E-state index in [1.807, 2.05) is 0 Å². The zero-order chi connectivity index (χ0) is 43.8. The first-order chi connectivity index (χ1) is 27.3. The molecule has 1 rings (SSSR count). The lowest BCUT2D eigenvalue weighted by atomic mass is 10.0. The van der Waals surface area contributed by atoms with Gasteiger partial charge in [0, 0.05) is 25.7 Å². The van der Waals surface area contributed by atoms with Crippen molar-refractivity contribution in [3.05, 3.63) is 18.2 Å². The average Bonchev–Trinajstić information content (AvgIpc) is 3.65. The molecule has 0 aromatic carbocycles. The van der Waals surface area contributed by atoms with E-state index in [1.165, 1.54) is 12.5 Å². The van der Waals surface area contributed by atoms with Gasteiger partial charge in [0.05, 0.1) is 30.9 Å². The van der Waals surface area contributed by atoms with Gasteiger partial charge in [-0.2, -0.15) is 0 Å². The van der Waals surface area contributed by atoms with Crippen LogP contribution in [0, 0.1) is 10.8 Å². The molecule has 58 heavy (non-hydrogen) atoms. The molecule has 26 nitrogen and oxygen atoms in total. The average molecular weight is 824 g/mol. The first kappa shape index (κ1) is 49.4. The van der Waals surface area contributed by atoms with Crippen LogP contribution < -0.4 is 71.6 Å². The van der Waals surface area contributed by atoms with Crippen LogP contribution >= 0.6 is 0 Å². The molecule has 26 heteroatoms. The summed E-state index contributed by atoms with van der Waals surface area (Å²) in [4.78, 5) is 110. The number of imidazole rings is 1. The number of aromatic nitrogens is 2. The monoisotopic (exact) mass is 823 g/mol. The second-order valence-electron chi connectivity index (χ2n) is 13.1. The van der Waals surface area contributed by atoms with E-state index in [2.05, 4.69) is 47.2 Å². The van der Waals surface area contributed by atoms with E-state index in [0.717, 1.165) is 0 Å². The van der Waals surface area contributed by atoms with Crippen molar-refractivity contribution in [2.75, 3.05) is 19.6 Å². The number of guanidine groups is 2. The summed E-state index contributed by atoms with van der Waals surface area (Å²) in [5.74, 6) is -9.03. The zero-order valence-electron chi connectivity index (χ0n) is 31.9. The number of carbonyl (C=O) groups is 8. The minimum Gasteiger partial charge on any atom is -0.480 e. The van der Waals surface area contributed by atoms with Crippen LogP contribution in [0.4, 0.5) is 0 Å². The van der Waals surface area contributed by atoms with Gasteiger partial charge in [-0.1, -0.05) is 6.42 Å². The van der Waals surface area contributed by atoms with Crippen molar-refractivity contribution >= 4 is 59.2 Å². The Hall–Kier alpha value is -6.57. The predicted octanol–water partition coefficient (Wildman–Crippen LogP) is -6.81. The van der Waals surface area contributed by atoms with Gasteiger partial charge < -0.3 is 81.7 Å². The number of aliphatic carboxylic acids is 1. The molecule has 23 N–H and O–H groups in total. The second kappa shape index (κ2) is 26.3. The standard InChI is InChI=1S/C32H57N17O9/c33-8-2-1-5-17(34)25(52)47-21(12-23(35)50)29(56)48-20(11-16-14-41-15-44-16)27(54)45-18(6-3-9-42-31(37)38)26(53)49-22(13-24(36)51)28(55)46-19(30(57)58)7-4-10-43-32(39)40/h14-15,17-22H,1-13,33-34H2,(H2,35,50)(H2,36,51)(H,41,44)(H,45,54)(H,46,55)(H,47,52)(H,48,56)(H,49,53)(H,57,58)(H4,37,38,42)(H4,39,40,43)/t17-,18-,19-,20-,21-,22-/m0/s1. The Morgan fingerprint density at radius 1 is 0.638 bits per heavy atom. The Morgan fingerprint density at radius 3 is 1.55 bits per heavy atom. The molecule has 0 aliphatic carbocycles. The summed E-state index contributed by atoms with van der Waals surface area (Å²) in [7, 11) is 0. The van der Waals surface area contributed by atoms with Crippen molar-refractivity contribution < 1.29 is 43.5 Å². The van der Waals surface area contributed by atoms with Crippen molar-refractivity contribution in [3.63, 3.8) is 0 Å². The highest BCUT2D eigenvalue weighted by Gasteiger charge is 2.34. The molecular weight excluding hydrogens is 766 g/mol. The van der Waals surface area contributed by atoms with E-state index < -0.39 is 96.4 Å². The molecule has 324 valence electrons. The number of nitrogens with one attached hydrogen (secondary N) is 10. The summed E-state index contributed by atoms with van der Waals surface area (Å²) < 4.78 is 0. The molecule has 1 heterocycles. The van der Waals surface area contributed by atoms with Gasteiger partial charge in [0.25, 0.3) is 0 Å². The van der Waals surface area contributed by atoms with Crippen LogP contribution in [0.2, 0.25) is 0 Å². The number of primary amides is 2. The van der Waals surface area contributed by atoms with Crippen molar-refractivity contribution in [2.45, 2.75) is 100 Å². The fourth-order valence-corrected chi connectivity index (χ4v) is 5.23. The van der Waals surface area contributed by atoms with Crippen LogP contribution in [0.5, 0.6) is 0 Å². The van der Waals surface area contributed by atoms with Gasteiger partial charge >= 0.3 is 5.97 Å². The number of aromatic amines is 1. The lowest BCUT2D eigenvalue weighted by Crippen LogP contribution is -2.60. The SMILES string of the molecule is N=C(N)NCCC[C@H](NC(=O)[C@H](CC(N)=O)NC(=O)[C@H](CCCNC(=N)N)NC(=O)[C@H](Cc1c[nH]cn1)NC(=O)[C@H](CC(N)=O)NC(=O)[C@@H](N)CCCCN)C(=O)O. The Bertz CT molecular complexity index is 1580. The summed E-state index contributed by atoms with van der Waals surface area (Å²) in [5.41, 5.74) is 33.0. The summed E-state index contributed by atoms with van der Waals surface area (Å²) in [6.45, 7) is 0.537. The lowest BCUT2D eigenvalue weighted by molar-refractivity contribution is -0.142. The zero-order valence-corrected chi connectivity index (χ0v) is 31.9. The molecule has 0 fully saturated rings. The highest BCUT2D eigenvalue weighted by Crippen LogP contribution is 2.07. The third kappa shape index (κ3) is 20.4. The Labute approximate surface area is 333 Å². The molecule has 0 aliphatic heterocycles. The number of unbranched alkanes of at least 4 members (excludes halogenated alkanes) is 1. The highest BCUT2D eigenvalue weighted by atomic mass is 16.4. The number of nitrogens with zero attached hydrogens (tertiary/aromatic N) is 1. The Morgan fingerprint density at radius 2 is 1.09 bits per heavy atom. The number of nitrogens with two attached hydrogens (primary N) is 6. The summed E-state index contributed by atoms with van der Waals surface area (Å²) in [6.07, 6.45) is 2.28. The lowest BCUT2D eigenvalue weighted by Gasteiger charge is -2.27. The van der Waals surface area contributed by atoms with E-state index in [4.69, 9.17) is 45.2 Å². The van der Waals surface area contributed by atoms with Crippen molar-refractivity contribution in [1.82, 2.24) is 47.2 Å². The second-order valence-corrected chi connectivity index (χ2v) is 13.1. The topological polar surface area (TPSA) is 473 Å². The quantitative estimate of drug-likeness (QED) is 0.0203. The van der Waals surface area contributed by atoms with E-state index in [0.29, 0.717) is 19.4 Å². The third-order valence-corrected chi connectivity index (χ3v) is 8.20. The minimum atomic E-state index is -1.71. The van der Waals surface area contributed by atoms with E-state index in [9.17, 15) is 43.5 Å². The van der Waals surface area contributed by atoms with Gasteiger partial charge in [-0.25, -0.2) is 9.78 Å². The molecule has 0 unspecified atom stereocenters. The summed E-state index contributed by atoms with van der Waals surface area (Å²) in [6, 6.07) is -8.82. The fraction of sp³-hybridized carbons (Fsp3) is 0.594. The van der Waals surface area contributed by atoms with Crippen LogP contribution in [0.15, 0.2) is 12.5 Å². The Balaban J connectivity index is 3.36. The van der Waals surface area contributed by atoms with Crippen LogP contribution in [-0.2, 0) is 44.8 Å². The number of amides is 7.